The SMILES string of the molecule is COCc1cccc(Cn2cc(-c3nc(N)nc4c(OC)cccc34)nn2)n1. The number of nitrogens with two attached hydrogens (primary N) is 1. The van der Waals surface area contributed by atoms with Crippen LogP contribution in [0.5, 0.6) is 5.75 Å². The van der Waals surface area contributed by atoms with Gasteiger partial charge in [-0.3, -0.25) is 4.98 Å². The van der Waals surface area contributed by atoms with Gasteiger partial charge < -0.3 is 15.2 Å². The molecule has 0 aliphatic rings. The Hall–Kier alpha value is -3.59. The Labute approximate surface area is 161 Å². The van der Waals surface area contributed by atoms with Crippen molar-refractivity contribution in [1.82, 2.24) is 29.9 Å². The maximum Gasteiger partial charge on any atom is 0.221 e. The summed E-state index contributed by atoms with van der Waals surface area (Å²) in [5.74, 6) is 0.773. The van der Waals surface area contributed by atoms with E-state index in [9.17, 15) is 0 Å². The molecule has 4 aromatic rings. The molecule has 3 heterocycles. The molecule has 1 aromatic carbocycles. The van der Waals surface area contributed by atoms with Gasteiger partial charge in [-0.15, -0.1) is 5.10 Å². The summed E-state index contributed by atoms with van der Waals surface area (Å²) in [7, 11) is 3.23. The zero-order chi connectivity index (χ0) is 19.5. The van der Waals surface area contributed by atoms with Crippen molar-refractivity contribution < 1.29 is 9.47 Å². The van der Waals surface area contributed by atoms with Crippen molar-refractivity contribution in [3.8, 4) is 17.1 Å². The first-order chi connectivity index (χ1) is 13.7. The van der Waals surface area contributed by atoms with E-state index in [1.807, 2.05) is 42.6 Å². The molecule has 0 spiro atoms. The van der Waals surface area contributed by atoms with E-state index in [1.54, 1.807) is 18.9 Å². The molecule has 142 valence electrons. The number of hydrogen-bond donors (Lipinski definition) is 1. The highest BCUT2D eigenvalue weighted by atomic mass is 16.5. The Morgan fingerprint density at radius 3 is 2.64 bits per heavy atom. The summed E-state index contributed by atoms with van der Waals surface area (Å²) in [6, 6.07) is 11.4. The van der Waals surface area contributed by atoms with E-state index in [1.165, 1.54) is 0 Å². The van der Waals surface area contributed by atoms with Crippen LogP contribution in [0.1, 0.15) is 11.4 Å². The van der Waals surface area contributed by atoms with Crippen LogP contribution in [0.25, 0.3) is 22.3 Å². The van der Waals surface area contributed by atoms with Gasteiger partial charge in [0.1, 0.15) is 22.7 Å². The van der Waals surface area contributed by atoms with Crippen molar-refractivity contribution in [2.24, 2.45) is 0 Å². The van der Waals surface area contributed by atoms with Gasteiger partial charge in [-0.1, -0.05) is 23.4 Å². The Morgan fingerprint density at radius 2 is 1.82 bits per heavy atom. The zero-order valence-corrected chi connectivity index (χ0v) is 15.5. The van der Waals surface area contributed by atoms with E-state index in [4.69, 9.17) is 15.2 Å². The third-order valence-corrected chi connectivity index (χ3v) is 4.19. The molecule has 9 nitrogen and oxygen atoms in total. The fourth-order valence-corrected chi connectivity index (χ4v) is 3.00. The fourth-order valence-electron chi connectivity index (χ4n) is 3.00. The number of rotatable bonds is 6. The normalized spacial score (nSPS) is 11.1. The monoisotopic (exact) mass is 377 g/mol. The number of fused-ring (bicyclic) bond motifs is 1. The fraction of sp³-hybridized carbons (Fsp3) is 0.211. The Bertz CT molecular complexity index is 1130. The molecular formula is C19H19N7O2. The van der Waals surface area contributed by atoms with Gasteiger partial charge in [0.05, 0.1) is 37.8 Å². The number of anilines is 1. The Kier molecular flexibility index (Phi) is 4.81. The van der Waals surface area contributed by atoms with E-state index in [-0.39, 0.29) is 5.95 Å². The molecule has 3 aromatic heterocycles. The zero-order valence-electron chi connectivity index (χ0n) is 15.5. The summed E-state index contributed by atoms with van der Waals surface area (Å²) in [6.07, 6.45) is 1.81. The first-order valence-electron chi connectivity index (χ1n) is 8.62. The van der Waals surface area contributed by atoms with Crippen LogP contribution in [0.4, 0.5) is 5.95 Å². The minimum absolute atomic E-state index is 0.149. The van der Waals surface area contributed by atoms with Crippen LogP contribution in [-0.4, -0.2) is 44.2 Å². The standard InChI is InChI=1S/C19H19N7O2/c1-27-11-13-6-3-5-12(21-13)9-26-10-15(24-25-26)17-14-7-4-8-16(28-2)18(14)23-19(20)22-17/h3-8,10H,9,11H2,1-2H3,(H2,20,22,23). The number of ether oxygens (including phenoxy) is 2. The molecular weight excluding hydrogens is 358 g/mol. The van der Waals surface area contributed by atoms with Crippen LogP contribution >= 0.6 is 0 Å². The van der Waals surface area contributed by atoms with Gasteiger partial charge in [0.2, 0.25) is 5.95 Å². The molecule has 0 radical (unpaired) electrons. The minimum atomic E-state index is 0.149. The van der Waals surface area contributed by atoms with Crippen molar-refractivity contribution in [1.29, 1.82) is 0 Å². The molecule has 0 atom stereocenters. The summed E-state index contributed by atoms with van der Waals surface area (Å²) < 4.78 is 12.2. The Balaban J connectivity index is 1.69. The van der Waals surface area contributed by atoms with Crippen LogP contribution < -0.4 is 10.5 Å². The number of aromatic nitrogens is 6. The molecule has 0 bridgehead atoms. The molecule has 28 heavy (non-hydrogen) atoms. The van der Waals surface area contributed by atoms with Gasteiger partial charge in [-0.2, -0.15) is 0 Å². The lowest BCUT2D eigenvalue weighted by atomic mass is 10.1. The summed E-state index contributed by atoms with van der Waals surface area (Å²) in [5.41, 5.74) is 9.47. The second kappa shape index (κ2) is 7.57. The summed E-state index contributed by atoms with van der Waals surface area (Å²) in [4.78, 5) is 13.2. The van der Waals surface area contributed by atoms with E-state index >= 15 is 0 Å². The molecule has 0 amide bonds. The average Bonchev–Trinajstić information content (AvgIpc) is 3.15. The smallest absolute Gasteiger partial charge is 0.221 e. The van der Waals surface area contributed by atoms with E-state index in [0.717, 1.165) is 16.8 Å². The maximum absolute atomic E-state index is 5.91. The first-order valence-corrected chi connectivity index (χ1v) is 8.62. The lowest BCUT2D eigenvalue weighted by Gasteiger charge is -2.07. The van der Waals surface area contributed by atoms with Crippen molar-refractivity contribution in [2.75, 3.05) is 20.0 Å². The lowest BCUT2D eigenvalue weighted by molar-refractivity contribution is 0.181. The molecule has 0 saturated heterocycles. The van der Waals surface area contributed by atoms with Crippen LogP contribution in [0.2, 0.25) is 0 Å². The van der Waals surface area contributed by atoms with Gasteiger partial charge in [-0.25, -0.2) is 14.6 Å². The van der Waals surface area contributed by atoms with Gasteiger partial charge in [0.25, 0.3) is 0 Å². The molecule has 0 aliphatic carbocycles. The number of benzene rings is 1. The van der Waals surface area contributed by atoms with Crippen LogP contribution in [-0.2, 0) is 17.9 Å². The second-order valence-corrected chi connectivity index (χ2v) is 6.14. The number of pyridine rings is 1. The van der Waals surface area contributed by atoms with Gasteiger partial charge in [0, 0.05) is 12.5 Å². The second-order valence-electron chi connectivity index (χ2n) is 6.14. The molecule has 4 rings (SSSR count). The topological polar surface area (TPSA) is 114 Å². The number of para-hydroxylation sites is 1. The van der Waals surface area contributed by atoms with E-state index in [2.05, 4.69) is 25.3 Å². The third kappa shape index (κ3) is 3.47. The van der Waals surface area contributed by atoms with Gasteiger partial charge in [-0.05, 0) is 18.2 Å². The number of nitrogen functional groups attached to an aromatic ring is 1. The van der Waals surface area contributed by atoms with Gasteiger partial charge in [0.15, 0.2) is 0 Å². The molecule has 2 N–H and O–H groups in total. The molecule has 0 saturated carbocycles. The number of hydrogen-bond acceptors (Lipinski definition) is 8. The molecule has 9 heteroatoms. The van der Waals surface area contributed by atoms with Crippen LogP contribution in [0, 0.1) is 0 Å². The van der Waals surface area contributed by atoms with E-state index in [0.29, 0.717) is 35.8 Å². The summed E-state index contributed by atoms with van der Waals surface area (Å²) in [5, 5.41) is 9.26. The predicted molar refractivity (Wildman–Crippen MR) is 104 cm³/mol. The van der Waals surface area contributed by atoms with Crippen molar-refractivity contribution >= 4 is 16.9 Å². The highest BCUT2D eigenvalue weighted by Crippen LogP contribution is 2.30. The minimum Gasteiger partial charge on any atom is -0.494 e. The van der Waals surface area contributed by atoms with Crippen molar-refractivity contribution in [3.05, 3.63) is 54.0 Å². The highest BCUT2D eigenvalue weighted by Gasteiger charge is 2.15. The third-order valence-electron chi connectivity index (χ3n) is 4.19. The van der Waals surface area contributed by atoms with Crippen molar-refractivity contribution in [3.63, 3.8) is 0 Å². The van der Waals surface area contributed by atoms with E-state index < -0.39 is 0 Å². The Morgan fingerprint density at radius 1 is 1.00 bits per heavy atom. The number of methoxy groups -OCH3 is 2. The highest BCUT2D eigenvalue weighted by molar-refractivity contribution is 5.95. The first kappa shape index (κ1) is 17.8. The van der Waals surface area contributed by atoms with Crippen molar-refractivity contribution in [2.45, 2.75) is 13.2 Å². The van der Waals surface area contributed by atoms with Crippen LogP contribution in [0.15, 0.2) is 42.6 Å². The van der Waals surface area contributed by atoms with Crippen LogP contribution in [0.3, 0.4) is 0 Å². The lowest BCUT2D eigenvalue weighted by Crippen LogP contribution is -2.04. The quantitative estimate of drug-likeness (QED) is 0.543. The maximum atomic E-state index is 5.91. The molecule has 0 unspecified atom stereocenters. The summed E-state index contributed by atoms with van der Waals surface area (Å²) in [6.45, 7) is 0.941. The predicted octanol–water partition coefficient (Wildman–Crippen LogP) is 2.07. The molecule has 0 fully saturated rings. The summed E-state index contributed by atoms with van der Waals surface area (Å²) >= 11 is 0. The average molecular weight is 377 g/mol. The number of nitrogens with zero attached hydrogens (tertiary/aromatic N) is 6. The largest absolute Gasteiger partial charge is 0.494 e. The molecule has 0 aliphatic heterocycles. The van der Waals surface area contributed by atoms with Gasteiger partial charge >= 0.3 is 0 Å².